The molecule has 3 heterocycles. The summed E-state index contributed by atoms with van der Waals surface area (Å²) in [7, 11) is -3.33. The molecule has 20 heteroatoms. The van der Waals surface area contributed by atoms with Crippen LogP contribution in [0.4, 0.5) is 5.13 Å². The zero-order valence-corrected chi connectivity index (χ0v) is 27.6. The summed E-state index contributed by atoms with van der Waals surface area (Å²) in [5.74, 6) is -3.18. The molecular weight excluding hydrogens is 672 g/mol. The largest absolute Gasteiger partial charge is 0.724 e. The van der Waals surface area contributed by atoms with Crippen LogP contribution in [0.1, 0.15) is 25.2 Å². The minimum atomic E-state index is -5.27. The smallest absolute Gasteiger partial charge is 0.351 e. The van der Waals surface area contributed by atoms with Crippen molar-refractivity contribution < 1.29 is 50.9 Å². The van der Waals surface area contributed by atoms with Crippen LogP contribution in [0, 0.1) is 0 Å². The van der Waals surface area contributed by atoms with E-state index in [4.69, 9.17) is 21.0 Å². The maximum Gasteiger partial charge on any atom is 0.351 e. The maximum atomic E-state index is 13.2. The minimum Gasteiger partial charge on any atom is -0.724 e. The van der Waals surface area contributed by atoms with Gasteiger partial charge in [0.2, 0.25) is 10.4 Å². The molecule has 18 nitrogen and oxygen atoms in total. The molecule has 0 radical (unpaired) electrons. The molecule has 2 atom stereocenters. The van der Waals surface area contributed by atoms with Crippen molar-refractivity contribution in [1.29, 1.82) is 0 Å². The molecule has 7 N–H and O–H groups in total. The van der Waals surface area contributed by atoms with Crippen molar-refractivity contribution in [2.45, 2.75) is 38.1 Å². The van der Waals surface area contributed by atoms with Crippen molar-refractivity contribution in [2.75, 3.05) is 25.4 Å². The monoisotopic (exact) mass is 706 g/mol. The number of aliphatic carboxylic acids is 1. The fourth-order valence-corrected chi connectivity index (χ4v) is 5.50. The van der Waals surface area contributed by atoms with Crippen LogP contribution in [-0.4, -0.2) is 89.0 Å². The number of ether oxygens (including phenoxy) is 1. The Kier molecular flexibility index (Phi) is 11.3. The summed E-state index contributed by atoms with van der Waals surface area (Å²) >= 11 is 0.953. The average Bonchev–Trinajstić information content (AvgIpc) is 3.46. The Hall–Kier alpha value is -4.73. The highest BCUT2D eigenvalue weighted by Gasteiger charge is 2.57. The van der Waals surface area contributed by atoms with Gasteiger partial charge in [-0.15, -0.1) is 11.3 Å². The predicted octanol–water partition coefficient (Wildman–Crippen LogP) is -0.985. The molecule has 1 unspecified atom stereocenters. The number of anilines is 1. The number of nitrogens with one attached hydrogen (secondary N) is 2. The van der Waals surface area contributed by atoms with Crippen LogP contribution in [0.3, 0.4) is 0 Å². The molecule has 1 fully saturated rings. The maximum absolute atomic E-state index is 13.2. The van der Waals surface area contributed by atoms with Crippen molar-refractivity contribution in [1.82, 2.24) is 20.7 Å². The first-order chi connectivity index (χ1) is 22.6. The van der Waals surface area contributed by atoms with Gasteiger partial charge in [-0.1, -0.05) is 17.3 Å². The molecule has 2 aromatic heterocycles. The lowest BCUT2D eigenvalue weighted by Gasteiger charge is -2.51. The Morgan fingerprint density at radius 1 is 1.23 bits per heavy atom. The van der Waals surface area contributed by atoms with Gasteiger partial charge in [-0.3, -0.25) is 9.59 Å². The molecular formula is C28H34N8O10S2. The van der Waals surface area contributed by atoms with E-state index in [0.717, 1.165) is 28.2 Å². The molecule has 0 saturated carbocycles. The van der Waals surface area contributed by atoms with Crippen molar-refractivity contribution >= 4 is 50.4 Å². The number of pyridine rings is 1. The fourth-order valence-electron chi connectivity index (χ4n) is 4.51. The van der Waals surface area contributed by atoms with Gasteiger partial charge < -0.3 is 41.3 Å². The Balaban J connectivity index is 1.43. The standard InChI is InChI=1S/C28H34N8O10S2/c1-28(2)23(25(38)36(28)46-48(41,42)43)33-24(37)22(20-15-47-27(30)32-20)34-45-21(26(39)40)14-44-19-8-5-16(6-9-19)17-4-7-18(35(3)13-17)12-31-11-10-29/h4-9,13,15,21,23,31H,10-12,14,29H2,1-3H3,(H4-,30,32,33,37,39,40,41,42,43)/b34-22-/t21-,23?/m0/s1. The van der Waals surface area contributed by atoms with Crippen LogP contribution in [0.15, 0.2) is 53.1 Å². The third-order valence-corrected chi connectivity index (χ3v) is 8.11. The van der Waals surface area contributed by atoms with E-state index in [9.17, 15) is 32.5 Å². The van der Waals surface area contributed by atoms with E-state index >= 15 is 0 Å². The molecule has 258 valence electrons. The Bertz CT molecular complexity index is 1800. The highest BCUT2D eigenvalue weighted by molar-refractivity contribution is 7.80. The predicted molar refractivity (Wildman–Crippen MR) is 169 cm³/mol. The van der Waals surface area contributed by atoms with E-state index in [-0.39, 0.29) is 10.8 Å². The van der Waals surface area contributed by atoms with E-state index in [2.05, 4.69) is 25.1 Å². The number of carboxylic acids is 1. The molecule has 0 aliphatic carbocycles. The van der Waals surface area contributed by atoms with Crippen LogP contribution >= 0.6 is 11.3 Å². The van der Waals surface area contributed by atoms with Gasteiger partial charge >= 0.3 is 5.97 Å². The summed E-state index contributed by atoms with van der Waals surface area (Å²) in [5, 5.41) is 20.8. The Morgan fingerprint density at radius 2 is 1.92 bits per heavy atom. The van der Waals surface area contributed by atoms with Crippen molar-refractivity contribution in [2.24, 2.45) is 17.9 Å². The molecule has 4 rings (SSSR count). The number of carbonyl (C=O) groups excluding carboxylic acids is 2. The zero-order chi connectivity index (χ0) is 35.2. The number of aromatic nitrogens is 2. The highest BCUT2D eigenvalue weighted by Crippen LogP contribution is 2.33. The van der Waals surface area contributed by atoms with Gasteiger partial charge in [0.1, 0.15) is 31.1 Å². The lowest BCUT2D eigenvalue weighted by molar-refractivity contribution is -0.678. The van der Waals surface area contributed by atoms with Crippen LogP contribution in [0.25, 0.3) is 11.1 Å². The van der Waals surface area contributed by atoms with Crippen LogP contribution in [0.2, 0.25) is 0 Å². The molecule has 0 bridgehead atoms. The van der Waals surface area contributed by atoms with Gasteiger partial charge in [0.15, 0.2) is 22.7 Å². The third-order valence-electron chi connectivity index (χ3n) is 7.10. The van der Waals surface area contributed by atoms with E-state index in [0.29, 0.717) is 30.4 Å². The van der Waals surface area contributed by atoms with E-state index in [1.54, 1.807) is 12.1 Å². The number of hydrogen-bond acceptors (Lipinski definition) is 15. The second-order valence-electron chi connectivity index (χ2n) is 10.9. The summed E-state index contributed by atoms with van der Waals surface area (Å²) in [5.41, 5.74) is 12.0. The highest BCUT2D eigenvalue weighted by atomic mass is 32.3. The van der Waals surface area contributed by atoms with Crippen LogP contribution in [0.5, 0.6) is 5.75 Å². The fraction of sp³-hybridized carbons (Fsp3) is 0.357. The molecule has 1 aliphatic heterocycles. The molecule has 2 amide bonds. The van der Waals surface area contributed by atoms with Gasteiger partial charge in [-0.2, -0.15) is 9.35 Å². The van der Waals surface area contributed by atoms with E-state index in [1.165, 1.54) is 19.2 Å². The molecule has 0 spiro atoms. The number of β-lactam (4-membered cyclic amide) rings is 1. The zero-order valence-electron chi connectivity index (χ0n) is 26.0. The SMILES string of the molecule is C[n+]1cc(-c2ccc(OC[C@H](O/N=C(\C(=O)NC3C(=O)N(OS(=O)(=O)[O-])C3(C)C)c3csc(N)n3)C(=O)O)cc2)ccc1CNCCN. The second-order valence-corrected chi connectivity index (χ2v) is 12.8. The lowest BCUT2D eigenvalue weighted by Crippen LogP contribution is -2.76. The van der Waals surface area contributed by atoms with Gasteiger partial charge in [0, 0.05) is 30.1 Å². The van der Waals surface area contributed by atoms with Crippen LogP contribution < -0.4 is 31.4 Å². The summed E-state index contributed by atoms with van der Waals surface area (Å²) in [6.45, 7) is 4.09. The summed E-state index contributed by atoms with van der Waals surface area (Å²) < 4.78 is 44.8. The third kappa shape index (κ3) is 8.79. The normalized spacial score (nSPS) is 16.6. The van der Waals surface area contributed by atoms with Crippen molar-refractivity contribution in [3.8, 4) is 16.9 Å². The number of hydroxylamine groups is 2. The molecule has 1 aromatic carbocycles. The Morgan fingerprint density at radius 3 is 2.48 bits per heavy atom. The Labute approximate surface area is 279 Å². The number of carbonyl (C=O) groups is 3. The topological polar surface area (TPSA) is 265 Å². The minimum absolute atomic E-state index is 0.0524. The number of oxime groups is 1. The molecule has 1 saturated heterocycles. The first-order valence-electron chi connectivity index (χ1n) is 14.2. The van der Waals surface area contributed by atoms with Gasteiger partial charge in [0.25, 0.3) is 17.9 Å². The number of hydrogen-bond donors (Lipinski definition) is 5. The summed E-state index contributed by atoms with van der Waals surface area (Å²) in [4.78, 5) is 46.8. The molecule has 1 aliphatic rings. The van der Waals surface area contributed by atoms with Crippen LogP contribution in [-0.2, 0) is 47.5 Å². The van der Waals surface area contributed by atoms with Crippen molar-refractivity contribution in [3.05, 3.63) is 59.4 Å². The summed E-state index contributed by atoms with van der Waals surface area (Å²) in [6.07, 6.45) is 0.296. The number of nitrogens with two attached hydrogens (primary N) is 2. The van der Waals surface area contributed by atoms with Gasteiger partial charge in [0.05, 0.1) is 12.1 Å². The number of thiazole rings is 1. The number of amides is 2. The van der Waals surface area contributed by atoms with Crippen molar-refractivity contribution in [3.63, 3.8) is 0 Å². The number of aryl methyl sites for hydroxylation is 1. The first kappa shape index (κ1) is 36.1. The number of nitrogens with zero attached hydrogens (tertiary/aromatic N) is 4. The quantitative estimate of drug-likeness (QED) is 0.0228. The van der Waals surface area contributed by atoms with E-state index < -0.39 is 58.2 Å². The second kappa shape index (κ2) is 15.0. The van der Waals surface area contributed by atoms with E-state index in [1.807, 2.05) is 42.1 Å². The number of rotatable bonds is 16. The number of benzene rings is 1. The lowest BCUT2D eigenvalue weighted by atomic mass is 9.84. The first-order valence-corrected chi connectivity index (χ1v) is 16.4. The number of carboxylic acid groups (broad SMARTS) is 1. The molecule has 3 aromatic rings. The molecule has 48 heavy (non-hydrogen) atoms. The van der Waals surface area contributed by atoms with Gasteiger partial charge in [-0.05, 0) is 37.6 Å². The average molecular weight is 707 g/mol. The number of nitrogen functional groups attached to an aromatic ring is 1. The summed E-state index contributed by atoms with van der Waals surface area (Å²) in [6, 6.07) is 9.57. The van der Waals surface area contributed by atoms with Gasteiger partial charge in [-0.25, -0.2) is 22.8 Å².